The molecule has 1 atom stereocenters. The lowest BCUT2D eigenvalue weighted by Gasteiger charge is -2.12. The van der Waals surface area contributed by atoms with Gasteiger partial charge in [-0.1, -0.05) is 29.8 Å². The molecule has 100 valence electrons. The van der Waals surface area contributed by atoms with Gasteiger partial charge in [-0.3, -0.25) is 0 Å². The van der Waals surface area contributed by atoms with Gasteiger partial charge in [0.15, 0.2) is 0 Å². The van der Waals surface area contributed by atoms with Gasteiger partial charge in [-0.2, -0.15) is 0 Å². The Kier molecular flexibility index (Phi) is 4.35. The van der Waals surface area contributed by atoms with Crippen molar-refractivity contribution in [1.29, 1.82) is 0 Å². The van der Waals surface area contributed by atoms with Crippen LogP contribution in [-0.2, 0) is 6.42 Å². The van der Waals surface area contributed by atoms with Crippen LogP contribution in [0.15, 0.2) is 36.4 Å². The van der Waals surface area contributed by atoms with Crippen molar-refractivity contribution in [2.75, 3.05) is 7.11 Å². The molecule has 2 aromatic rings. The van der Waals surface area contributed by atoms with E-state index in [-0.39, 0.29) is 11.4 Å². The third-order valence-corrected chi connectivity index (χ3v) is 3.16. The first-order valence-corrected chi connectivity index (χ1v) is 6.11. The number of hydrogen-bond acceptors (Lipinski definition) is 3. The van der Waals surface area contributed by atoms with Gasteiger partial charge in [0.25, 0.3) is 0 Å². The summed E-state index contributed by atoms with van der Waals surface area (Å²) in [6, 6.07) is 9.61. The topological polar surface area (TPSA) is 42.4 Å². The van der Waals surface area contributed by atoms with Gasteiger partial charge in [-0.25, -0.2) is 9.37 Å². The predicted molar refractivity (Wildman–Crippen MR) is 70.9 cm³/mol. The summed E-state index contributed by atoms with van der Waals surface area (Å²) in [6.07, 6.45) is -0.675. The summed E-state index contributed by atoms with van der Waals surface area (Å²) in [5.74, 6) is -0.0770. The van der Waals surface area contributed by atoms with Crippen molar-refractivity contribution < 1.29 is 14.2 Å². The Labute approximate surface area is 115 Å². The molecule has 0 saturated heterocycles. The van der Waals surface area contributed by atoms with E-state index in [1.807, 2.05) is 0 Å². The Morgan fingerprint density at radius 1 is 1.32 bits per heavy atom. The lowest BCUT2D eigenvalue weighted by molar-refractivity contribution is 0.172. The Morgan fingerprint density at radius 3 is 2.79 bits per heavy atom. The molecule has 2 rings (SSSR count). The standard InChI is InChI=1S/C14H13ClFNO2/c1-19-13-7-3-6-11(17-13)12(18)8-9-4-2-5-10(16)14(9)15/h2-7,12,18H,8H2,1H3. The molecule has 1 heterocycles. The fourth-order valence-electron chi connectivity index (χ4n) is 1.75. The number of ether oxygens (including phenoxy) is 1. The maximum absolute atomic E-state index is 13.3. The monoisotopic (exact) mass is 281 g/mol. The van der Waals surface area contributed by atoms with E-state index < -0.39 is 11.9 Å². The molecule has 0 spiro atoms. The van der Waals surface area contributed by atoms with Crippen LogP contribution in [0.4, 0.5) is 4.39 Å². The van der Waals surface area contributed by atoms with Crippen LogP contribution in [0, 0.1) is 5.82 Å². The summed E-state index contributed by atoms with van der Waals surface area (Å²) < 4.78 is 18.3. The molecule has 0 radical (unpaired) electrons. The van der Waals surface area contributed by atoms with Gasteiger partial charge in [-0.05, 0) is 17.7 Å². The molecule has 1 N–H and O–H groups in total. The van der Waals surface area contributed by atoms with Crippen LogP contribution in [0.2, 0.25) is 5.02 Å². The molecule has 0 aliphatic carbocycles. The summed E-state index contributed by atoms with van der Waals surface area (Å²) in [5.41, 5.74) is 0.999. The molecule has 19 heavy (non-hydrogen) atoms. The lowest BCUT2D eigenvalue weighted by atomic mass is 10.0. The zero-order valence-electron chi connectivity index (χ0n) is 10.3. The van der Waals surface area contributed by atoms with E-state index in [2.05, 4.69) is 4.98 Å². The Balaban J connectivity index is 2.20. The zero-order chi connectivity index (χ0) is 13.8. The van der Waals surface area contributed by atoms with E-state index in [0.717, 1.165) is 0 Å². The molecule has 0 aliphatic rings. The molecule has 1 unspecified atom stereocenters. The van der Waals surface area contributed by atoms with E-state index in [9.17, 15) is 9.50 Å². The van der Waals surface area contributed by atoms with Crippen LogP contribution in [-0.4, -0.2) is 17.2 Å². The lowest BCUT2D eigenvalue weighted by Crippen LogP contribution is -2.05. The maximum Gasteiger partial charge on any atom is 0.213 e. The zero-order valence-corrected chi connectivity index (χ0v) is 11.1. The number of methoxy groups -OCH3 is 1. The van der Waals surface area contributed by atoms with E-state index >= 15 is 0 Å². The van der Waals surface area contributed by atoms with Gasteiger partial charge >= 0.3 is 0 Å². The average molecular weight is 282 g/mol. The van der Waals surface area contributed by atoms with E-state index in [0.29, 0.717) is 17.1 Å². The molecule has 0 fully saturated rings. The molecule has 1 aromatic carbocycles. The second-order valence-electron chi connectivity index (χ2n) is 4.04. The summed E-state index contributed by atoms with van der Waals surface area (Å²) in [4.78, 5) is 4.13. The van der Waals surface area contributed by atoms with Gasteiger partial charge in [0.05, 0.1) is 17.8 Å². The smallest absolute Gasteiger partial charge is 0.213 e. The van der Waals surface area contributed by atoms with Crippen LogP contribution < -0.4 is 4.74 Å². The average Bonchev–Trinajstić information content (AvgIpc) is 2.44. The highest BCUT2D eigenvalue weighted by Gasteiger charge is 2.14. The number of aliphatic hydroxyl groups excluding tert-OH is 1. The van der Waals surface area contributed by atoms with Crippen molar-refractivity contribution in [2.45, 2.75) is 12.5 Å². The number of pyridine rings is 1. The SMILES string of the molecule is COc1cccc(C(O)Cc2cccc(F)c2Cl)n1. The van der Waals surface area contributed by atoms with Crippen LogP contribution >= 0.6 is 11.6 Å². The molecule has 1 aromatic heterocycles. The van der Waals surface area contributed by atoms with Crippen LogP contribution in [0.5, 0.6) is 5.88 Å². The predicted octanol–water partition coefficient (Wildman–Crippen LogP) is 3.16. The molecule has 5 heteroatoms. The van der Waals surface area contributed by atoms with Crippen molar-refractivity contribution in [1.82, 2.24) is 4.98 Å². The largest absolute Gasteiger partial charge is 0.481 e. The Hall–Kier alpha value is -1.65. The fourth-order valence-corrected chi connectivity index (χ4v) is 1.95. The third kappa shape index (κ3) is 3.22. The van der Waals surface area contributed by atoms with Crippen LogP contribution in [0.25, 0.3) is 0 Å². The summed E-state index contributed by atoms with van der Waals surface area (Å²) in [7, 11) is 1.50. The number of hydrogen-bond donors (Lipinski definition) is 1. The van der Waals surface area contributed by atoms with Crippen molar-refractivity contribution in [3.8, 4) is 5.88 Å². The number of halogens is 2. The summed E-state index contributed by atoms with van der Waals surface area (Å²) in [6.45, 7) is 0. The molecule has 0 bridgehead atoms. The van der Waals surface area contributed by atoms with E-state index in [4.69, 9.17) is 16.3 Å². The maximum atomic E-state index is 13.3. The number of aromatic nitrogens is 1. The number of rotatable bonds is 4. The summed E-state index contributed by atoms with van der Waals surface area (Å²) in [5, 5.41) is 10.1. The minimum absolute atomic E-state index is 0.0319. The fraction of sp³-hybridized carbons (Fsp3) is 0.214. The first-order chi connectivity index (χ1) is 9.11. The molecule has 0 saturated carbocycles. The third-order valence-electron chi connectivity index (χ3n) is 2.74. The quantitative estimate of drug-likeness (QED) is 0.936. The van der Waals surface area contributed by atoms with Gasteiger partial charge < -0.3 is 9.84 Å². The Bertz CT molecular complexity index is 577. The molecular weight excluding hydrogens is 269 g/mol. The minimum atomic E-state index is -0.866. The van der Waals surface area contributed by atoms with Crippen molar-refractivity contribution in [3.63, 3.8) is 0 Å². The van der Waals surface area contributed by atoms with E-state index in [1.165, 1.54) is 13.2 Å². The van der Waals surface area contributed by atoms with Gasteiger partial charge in [-0.15, -0.1) is 0 Å². The molecular formula is C14H13ClFNO2. The first kappa shape index (κ1) is 13.8. The second kappa shape index (κ2) is 5.99. The first-order valence-electron chi connectivity index (χ1n) is 5.73. The number of aliphatic hydroxyl groups is 1. The number of benzene rings is 1. The van der Waals surface area contributed by atoms with E-state index in [1.54, 1.807) is 30.3 Å². The highest BCUT2D eigenvalue weighted by atomic mass is 35.5. The second-order valence-corrected chi connectivity index (χ2v) is 4.42. The highest BCUT2D eigenvalue weighted by molar-refractivity contribution is 6.31. The van der Waals surface area contributed by atoms with Crippen molar-refractivity contribution in [2.24, 2.45) is 0 Å². The number of nitrogens with zero attached hydrogens (tertiary/aromatic N) is 1. The van der Waals surface area contributed by atoms with Gasteiger partial charge in [0, 0.05) is 12.5 Å². The highest BCUT2D eigenvalue weighted by Crippen LogP contribution is 2.25. The molecule has 3 nitrogen and oxygen atoms in total. The van der Waals surface area contributed by atoms with Crippen molar-refractivity contribution in [3.05, 3.63) is 58.5 Å². The van der Waals surface area contributed by atoms with Gasteiger partial charge in [0.1, 0.15) is 11.9 Å². The summed E-state index contributed by atoms with van der Waals surface area (Å²) >= 11 is 5.85. The normalized spacial score (nSPS) is 12.2. The van der Waals surface area contributed by atoms with Crippen LogP contribution in [0.1, 0.15) is 17.4 Å². The Morgan fingerprint density at radius 2 is 2.05 bits per heavy atom. The van der Waals surface area contributed by atoms with Crippen molar-refractivity contribution >= 4 is 11.6 Å². The molecule has 0 aliphatic heterocycles. The molecule has 0 amide bonds. The van der Waals surface area contributed by atoms with Gasteiger partial charge in [0.2, 0.25) is 5.88 Å². The minimum Gasteiger partial charge on any atom is -0.481 e. The van der Waals surface area contributed by atoms with Crippen LogP contribution in [0.3, 0.4) is 0 Å².